The Bertz CT molecular complexity index is 973. The highest BCUT2D eigenvalue weighted by molar-refractivity contribution is 6.01. The van der Waals surface area contributed by atoms with Gasteiger partial charge in [0.1, 0.15) is 12.4 Å². The van der Waals surface area contributed by atoms with Crippen molar-refractivity contribution >= 4 is 16.6 Å². The number of fused-ring (bicyclic) bond motifs is 3. The van der Waals surface area contributed by atoms with E-state index in [-0.39, 0.29) is 11.8 Å². The van der Waals surface area contributed by atoms with Crippen LogP contribution in [0.4, 0.5) is 0 Å². The van der Waals surface area contributed by atoms with Crippen molar-refractivity contribution in [3.63, 3.8) is 0 Å². The van der Waals surface area contributed by atoms with Gasteiger partial charge in [0.2, 0.25) is 0 Å². The topological polar surface area (TPSA) is 35.8 Å². The minimum atomic E-state index is 0.0731. The number of benzene rings is 2. The molecule has 4 nitrogen and oxygen atoms in total. The van der Waals surface area contributed by atoms with Gasteiger partial charge in [-0.2, -0.15) is 0 Å². The van der Waals surface area contributed by atoms with E-state index in [0.29, 0.717) is 13.2 Å². The maximum absolute atomic E-state index is 6.09. The van der Waals surface area contributed by atoms with Gasteiger partial charge in [-0.3, -0.25) is 0 Å². The van der Waals surface area contributed by atoms with Gasteiger partial charge >= 0.3 is 0 Å². The predicted octanol–water partition coefficient (Wildman–Crippen LogP) is 4.19. The minimum absolute atomic E-state index is 0.0731. The van der Waals surface area contributed by atoms with Crippen molar-refractivity contribution in [3.8, 4) is 5.75 Å². The van der Waals surface area contributed by atoms with Crippen molar-refractivity contribution in [2.45, 2.75) is 19.4 Å². The molecule has 5 rings (SSSR count). The quantitative estimate of drug-likeness (QED) is 0.705. The van der Waals surface area contributed by atoms with Crippen LogP contribution < -0.4 is 4.74 Å². The zero-order valence-electron chi connectivity index (χ0n) is 14.2. The van der Waals surface area contributed by atoms with Crippen LogP contribution in [0.2, 0.25) is 0 Å². The normalized spacial score (nSPS) is 21.7. The fraction of sp³-hybridized carbons (Fsp3) is 0.286. The second-order valence-electron chi connectivity index (χ2n) is 6.68. The summed E-state index contributed by atoms with van der Waals surface area (Å²) in [6, 6.07) is 16.9. The molecule has 0 aliphatic carbocycles. The molecule has 3 heterocycles. The summed E-state index contributed by atoms with van der Waals surface area (Å²) in [5.41, 5.74) is 4.81. The van der Waals surface area contributed by atoms with Crippen LogP contribution in [0.1, 0.15) is 24.0 Å². The standard InChI is InChI=1S/C21H20N2O2/c1-2-23-11-17(15-7-3-5-9-18(15)23)20-16-8-4-6-10-19(16)24-12-14-13-25-22-21(14)20/h3-11,14,20H,2,12-13H2,1H3/t14-,20-/m0/s1. The van der Waals surface area contributed by atoms with Crippen LogP contribution in [0.3, 0.4) is 0 Å². The number of ether oxygens (including phenoxy) is 1. The molecule has 0 spiro atoms. The first-order valence-electron chi connectivity index (χ1n) is 8.86. The summed E-state index contributed by atoms with van der Waals surface area (Å²) < 4.78 is 8.40. The van der Waals surface area contributed by atoms with Crippen molar-refractivity contribution in [1.82, 2.24) is 4.57 Å². The highest BCUT2D eigenvalue weighted by Gasteiger charge is 2.38. The summed E-state index contributed by atoms with van der Waals surface area (Å²) in [6.07, 6.45) is 2.27. The molecule has 2 aliphatic rings. The van der Waals surface area contributed by atoms with E-state index in [9.17, 15) is 0 Å². The third kappa shape index (κ3) is 2.17. The van der Waals surface area contributed by atoms with E-state index in [1.54, 1.807) is 0 Å². The van der Waals surface area contributed by atoms with Crippen LogP contribution in [-0.2, 0) is 11.4 Å². The molecule has 0 unspecified atom stereocenters. The number of para-hydroxylation sites is 2. The number of hydrogen-bond acceptors (Lipinski definition) is 3. The molecule has 0 radical (unpaired) electrons. The number of aryl methyl sites for hydroxylation is 1. The van der Waals surface area contributed by atoms with E-state index in [0.717, 1.165) is 18.0 Å². The van der Waals surface area contributed by atoms with Crippen LogP contribution in [0.15, 0.2) is 59.9 Å². The Morgan fingerprint density at radius 2 is 1.88 bits per heavy atom. The van der Waals surface area contributed by atoms with Gasteiger partial charge in [0.15, 0.2) is 0 Å². The molecule has 0 saturated heterocycles. The summed E-state index contributed by atoms with van der Waals surface area (Å²) in [6.45, 7) is 4.35. The monoisotopic (exact) mass is 332 g/mol. The van der Waals surface area contributed by atoms with Crippen LogP contribution >= 0.6 is 0 Å². The van der Waals surface area contributed by atoms with Crippen LogP contribution in [0, 0.1) is 5.92 Å². The minimum Gasteiger partial charge on any atom is -0.492 e. The zero-order chi connectivity index (χ0) is 16.8. The third-order valence-corrected chi connectivity index (χ3v) is 5.30. The molecule has 2 aromatic carbocycles. The molecule has 3 aromatic rings. The predicted molar refractivity (Wildman–Crippen MR) is 98.3 cm³/mol. The molecule has 2 atom stereocenters. The molecule has 0 amide bonds. The zero-order valence-corrected chi connectivity index (χ0v) is 14.2. The lowest BCUT2D eigenvalue weighted by Gasteiger charge is -2.17. The fourth-order valence-corrected chi connectivity index (χ4v) is 4.08. The Labute approximate surface area is 146 Å². The Morgan fingerprint density at radius 3 is 2.80 bits per heavy atom. The summed E-state index contributed by atoms with van der Waals surface area (Å²) >= 11 is 0. The average Bonchev–Trinajstić information content (AvgIpc) is 3.23. The Balaban J connectivity index is 1.79. The highest BCUT2D eigenvalue weighted by Crippen LogP contribution is 2.42. The van der Waals surface area contributed by atoms with Crippen molar-refractivity contribution in [2.24, 2.45) is 11.1 Å². The molecule has 126 valence electrons. The molecule has 0 N–H and O–H groups in total. The van der Waals surface area contributed by atoms with Gasteiger partial charge < -0.3 is 14.1 Å². The maximum Gasteiger partial charge on any atom is 0.128 e. The van der Waals surface area contributed by atoms with E-state index >= 15 is 0 Å². The lowest BCUT2D eigenvalue weighted by molar-refractivity contribution is 0.137. The van der Waals surface area contributed by atoms with Crippen LogP contribution in [-0.4, -0.2) is 23.5 Å². The number of rotatable bonds is 2. The molecule has 0 bridgehead atoms. The molecule has 0 fully saturated rings. The number of aromatic nitrogens is 1. The largest absolute Gasteiger partial charge is 0.492 e. The van der Waals surface area contributed by atoms with Crippen molar-refractivity contribution in [3.05, 3.63) is 65.9 Å². The van der Waals surface area contributed by atoms with E-state index < -0.39 is 0 Å². The summed E-state index contributed by atoms with van der Waals surface area (Å²) in [5, 5.41) is 5.72. The molecule has 25 heavy (non-hydrogen) atoms. The Morgan fingerprint density at radius 1 is 1.04 bits per heavy atom. The van der Waals surface area contributed by atoms with Gasteiger partial charge in [0.05, 0.1) is 24.2 Å². The lowest BCUT2D eigenvalue weighted by Crippen LogP contribution is -2.23. The second-order valence-corrected chi connectivity index (χ2v) is 6.68. The van der Waals surface area contributed by atoms with Gasteiger partial charge in [-0.1, -0.05) is 41.6 Å². The van der Waals surface area contributed by atoms with Crippen molar-refractivity contribution < 1.29 is 9.57 Å². The average molecular weight is 332 g/mol. The van der Waals surface area contributed by atoms with Gasteiger partial charge in [-0.25, -0.2) is 0 Å². The Hall–Kier alpha value is -2.75. The van der Waals surface area contributed by atoms with Crippen molar-refractivity contribution in [1.29, 1.82) is 0 Å². The molecule has 2 aliphatic heterocycles. The SMILES string of the molecule is CCn1cc([C@H]2C3=NOC[C@@H]3COc3ccccc32)c2ccccc21. The smallest absolute Gasteiger partial charge is 0.128 e. The number of hydrogen-bond donors (Lipinski definition) is 0. The molecule has 4 heteroatoms. The van der Waals surface area contributed by atoms with Gasteiger partial charge in [-0.05, 0) is 24.6 Å². The summed E-state index contributed by atoms with van der Waals surface area (Å²) in [5.74, 6) is 1.24. The van der Waals surface area contributed by atoms with Crippen molar-refractivity contribution in [2.75, 3.05) is 13.2 Å². The van der Waals surface area contributed by atoms with Gasteiger partial charge in [0, 0.05) is 29.2 Å². The fourth-order valence-electron chi connectivity index (χ4n) is 4.08. The summed E-state index contributed by atoms with van der Waals surface area (Å²) in [7, 11) is 0. The lowest BCUT2D eigenvalue weighted by atomic mass is 9.82. The number of nitrogens with zero attached hydrogens (tertiary/aromatic N) is 2. The number of oxime groups is 1. The summed E-state index contributed by atoms with van der Waals surface area (Å²) in [4.78, 5) is 5.46. The molecule has 0 saturated carbocycles. The molecule has 1 aromatic heterocycles. The molecular formula is C21H20N2O2. The van der Waals surface area contributed by atoms with Crippen LogP contribution in [0.25, 0.3) is 10.9 Å². The van der Waals surface area contributed by atoms with E-state index in [1.807, 2.05) is 6.07 Å². The molecular weight excluding hydrogens is 312 g/mol. The first-order valence-corrected chi connectivity index (χ1v) is 8.86. The van der Waals surface area contributed by atoms with E-state index in [4.69, 9.17) is 9.57 Å². The van der Waals surface area contributed by atoms with E-state index in [2.05, 4.69) is 65.3 Å². The highest BCUT2D eigenvalue weighted by atomic mass is 16.6. The van der Waals surface area contributed by atoms with Crippen LogP contribution in [0.5, 0.6) is 5.75 Å². The first kappa shape index (κ1) is 14.6. The van der Waals surface area contributed by atoms with E-state index in [1.165, 1.54) is 22.0 Å². The third-order valence-electron chi connectivity index (χ3n) is 5.30. The Kier molecular flexibility index (Phi) is 3.30. The van der Waals surface area contributed by atoms with Gasteiger partial charge in [-0.15, -0.1) is 0 Å². The first-order chi connectivity index (χ1) is 12.4. The second kappa shape index (κ2) is 5.66. The van der Waals surface area contributed by atoms with Gasteiger partial charge in [0.25, 0.3) is 0 Å². The maximum atomic E-state index is 6.09.